The van der Waals surface area contributed by atoms with Crippen LogP contribution in [0.15, 0.2) is 12.1 Å². The van der Waals surface area contributed by atoms with Gasteiger partial charge in [-0.05, 0) is 39.9 Å². The van der Waals surface area contributed by atoms with Crippen LogP contribution in [0.4, 0.5) is 0 Å². The van der Waals surface area contributed by atoms with Gasteiger partial charge in [0, 0.05) is 6.04 Å². The highest BCUT2D eigenvalue weighted by molar-refractivity contribution is 5.85. The van der Waals surface area contributed by atoms with E-state index in [-0.39, 0.29) is 29.3 Å². The molecule has 0 fully saturated rings. The number of hydrogen-bond donors (Lipinski definition) is 2. The molecule has 0 bridgehead atoms. The van der Waals surface area contributed by atoms with Crippen LogP contribution in [-0.4, -0.2) is 5.11 Å². The third kappa shape index (κ3) is 5.17. The Morgan fingerprint density at radius 3 is 1.59 bits per heavy atom. The van der Waals surface area contributed by atoms with E-state index in [9.17, 15) is 5.11 Å². The van der Waals surface area contributed by atoms with E-state index < -0.39 is 0 Å². The average molecular weight is 328 g/mol. The molecule has 1 aromatic carbocycles. The van der Waals surface area contributed by atoms with Gasteiger partial charge in [0.15, 0.2) is 0 Å². The predicted octanol–water partition coefficient (Wildman–Crippen LogP) is 5.45. The average Bonchev–Trinajstić information content (AvgIpc) is 2.24. The number of nitrogens with two attached hydrogens (primary N) is 1. The van der Waals surface area contributed by atoms with E-state index in [4.69, 9.17) is 5.73 Å². The van der Waals surface area contributed by atoms with Crippen LogP contribution >= 0.6 is 12.4 Å². The largest absolute Gasteiger partial charge is 0.507 e. The van der Waals surface area contributed by atoms with Gasteiger partial charge in [-0.2, -0.15) is 0 Å². The van der Waals surface area contributed by atoms with Crippen LogP contribution < -0.4 is 5.73 Å². The number of rotatable bonds is 3. The van der Waals surface area contributed by atoms with Gasteiger partial charge in [-0.3, -0.25) is 0 Å². The summed E-state index contributed by atoms with van der Waals surface area (Å²) < 4.78 is 0. The highest BCUT2D eigenvalue weighted by Gasteiger charge is 2.27. The van der Waals surface area contributed by atoms with Gasteiger partial charge in [0.1, 0.15) is 5.75 Å². The van der Waals surface area contributed by atoms with Gasteiger partial charge < -0.3 is 10.8 Å². The monoisotopic (exact) mass is 327 g/mol. The third-order valence-corrected chi connectivity index (χ3v) is 3.90. The molecule has 1 atom stereocenters. The fourth-order valence-electron chi connectivity index (χ4n) is 2.66. The molecule has 0 saturated heterocycles. The minimum absolute atomic E-state index is 0. The molecular weight excluding hydrogens is 294 g/mol. The van der Waals surface area contributed by atoms with E-state index >= 15 is 0 Å². The predicted molar refractivity (Wildman–Crippen MR) is 99.1 cm³/mol. The number of benzene rings is 1. The maximum atomic E-state index is 10.7. The number of hydrogen-bond acceptors (Lipinski definition) is 2. The van der Waals surface area contributed by atoms with Gasteiger partial charge in [-0.15, -0.1) is 12.4 Å². The quantitative estimate of drug-likeness (QED) is 0.774. The van der Waals surface area contributed by atoms with Crippen molar-refractivity contribution in [1.29, 1.82) is 0 Å². The first-order chi connectivity index (χ1) is 9.34. The molecule has 1 rings (SSSR count). The van der Waals surface area contributed by atoms with Crippen molar-refractivity contribution in [3.63, 3.8) is 0 Å². The van der Waals surface area contributed by atoms with Gasteiger partial charge in [-0.1, -0.05) is 67.5 Å². The maximum absolute atomic E-state index is 10.7. The Bertz CT molecular complexity index is 460. The Labute approximate surface area is 142 Å². The summed E-state index contributed by atoms with van der Waals surface area (Å²) in [6, 6.07) is 4.21. The first-order valence-corrected chi connectivity index (χ1v) is 7.97. The highest BCUT2D eigenvalue weighted by atomic mass is 35.5. The lowest BCUT2D eigenvalue weighted by Crippen LogP contribution is -2.20. The fourth-order valence-corrected chi connectivity index (χ4v) is 2.66. The Balaban J connectivity index is 0.00000441. The second-order valence-electron chi connectivity index (χ2n) is 8.70. The molecular formula is C19H34ClNO. The van der Waals surface area contributed by atoms with E-state index in [1.54, 1.807) is 0 Å². The van der Waals surface area contributed by atoms with Crippen molar-refractivity contribution < 1.29 is 5.11 Å². The van der Waals surface area contributed by atoms with Crippen LogP contribution in [0.1, 0.15) is 84.5 Å². The smallest absolute Gasteiger partial charge is 0.123 e. The number of aromatic hydroxyl groups is 1. The van der Waals surface area contributed by atoms with Crippen LogP contribution in [0, 0.1) is 5.92 Å². The molecule has 0 aromatic heterocycles. The summed E-state index contributed by atoms with van der Waals surface area (Å²) in [7, 11) is 0. The number of halogens is 1. The van der Waals surface area contributed by atoms with Crippen molar-refractivity contribution in [2.45, 2.75) is 78.7 Å². The summed E-state index contributed by atoms with van der Waals surface area (Å²) >= 11 is 0. The van der Waals surface area contributed by atoms with Gasteiger partial charge in [0.25, 0.3) is 0 Å². The summed E-state index contributed by atoms with van der Waals surface area (Å²) in [5, 5.41) is 10.7. The summed E-state index contributed by atoms with van der Waals surface area (Å²) in [6.45, 7) is 17.2. The normalized spacial score (nSPS) is 13.9. The minimum Gasteiger partial charge on any atom is -0.507 e. The molecule has 3 heteroatoms. The van der Waals surface area contributed by atoms with Crippen molar-refractivity contribution in [2.75, 3.05) is 0 Å². The van der Waals surface area contributed by atoms with E-state index in [0.717, 1.165) is 23.1 Å². The van der Waals surface area contributed by atoms with Crippen molar-refractivity contribution in [3.05, 3.63) is 28.8 Å². The van der Waals surface area contributed by atoms with Gasteiger partial charge in [0.2, 0.25) is 0 Å². The summed E-state index contributed by atoms with van der Waals surface area (Å²) in [5.41, 5.74) is 9.30. The molecule has 0 aliphatic carbocycles. The lowest BCUT2D eigenvalue weighted by Gasteiger charge is -2.29. The Hall–Kier alpha value is -0.730. The zero-order chi connectivity index (χ0) is 16.6. The summed E-state index contributed by atoms with van der Waals surface area (Å²) in [5.74, 6) is 0.987. The first kappa shape index (κ1) is 21.3. The molecule has 22 heavy (non-hydrogen) atoms. The van der Waals surface area contributed by atoms with Gasteiger partial charge in [0.05, 0.1) is 0 Å². The zero-order valence-corrected chi connectivity index (χ0v) is 16.3. The molecule has 0 aliphatic heterocycles. The standard InChI is InChI=1S/C19H33NO.ClH/c1-12(2)9-16(20)13-10-14(18(3,4)5)17(21)15(11-13)19(6,7)8;/h10-12,16,21H,9,20H2,1-8H3;1H/t16-;/m1./s1. The summed E-state index contributed by atoms with van der Waals surface area (Å²) in [4.78, 5) is 0. The van der Waals surface area contributed by atoms with Crippen molar-refractivity contribution >= 4 is 12.4 Å². The second kappa shape index (κ2) is 7.23. The second-order valence-corrected chi connectivity index (χ2v) is 8.70. The highest BCUT2D eigenvalue weighted by Crippen LogP contribution is 2.41. The van der Waals surface area contributed by atoms with E-state index in [2.05, 4.69) is 67.5 Å². The van der Waals surface area contributed by atoms with Crippen molar-refractivity contribution in [3.8, 4) is 5.75 Å². The number of phenolic OH excluding ortho intramolecular Hbond substituents is 1. The van der Waals surface area contributed by atoms with Crippen LogP contribution in [0.2, 0.25) is 0 Å². The first-order valence-electron chi connectivity index (χ1n) is 7.97. The van der Waals surface area contributed by atoms with Crippen LogP contribution in [-0.2, 0) is 10.8 Å². The van der Waals surface area contributed by atoms with Crippen LogP contribution in [0.3, 0.4) is 0 Å². The van der Waals surface area contributed by atoms with E-state index in [1.165, 1.54) is 0 Å². The molecule has 0 heterocycles. The van der Waals surface area contributed by atoms with Gasteiger partial charge >= 0.3 is 0 Å². The van der Waals surface area contributed by atoms with Crippen LogP contribution in [0.25, 0.3) is 0 Å². The molecule has 0 saturated carbocycles. The van der Waals surface area contributed by atoms with Crippen LogP contribution in [0.5, 0.6) is 5.75 Å². The maximum Gasteiger partial charge on any atom is 0.123 e. The molecule has 3 N–H and O–H groups in total. The lowest BCUT2D eigenvalue weighted by molar-refractivity contribution is 0.421. The third-order valence-electron chi connectivity index (χ3n) is 3.90. The molecule has 0 radical (unpaired) electrons. The number of phenols is 1. The van der Waals surface area contributed by atoms with Crippen molar-refractivity contribution in [1.82, 2.24) is 0 Å². The SMILES string of the molecule is CC(C)C[C@@H](N)c1cc(C(C)(C)C)c(O)c(C(C)(C)C)c1.Cl. The summed E-state index contributed by atoms with van der Waals surface area (Å²) in [6.07, 6.45) is 0.956. The fraction of sp³-hybridized carbons (Fsp3) is 0.684. The molecule has 0 unspecified atom stereocenters. The Kier molecular flexibility index (Phi) is 6.99. The van der Waals surface area contributed by atoms with E-state index in [1.807, 2.05) is 0 Å². The lowest BCUT2D eigenvalue weighted by atomic mass is 9.77. The minimum atomic E-state index is -0.0996. The van der Waals surface area contributed by atoms with Crippen molar-refractivity contribution in [2.24, 2.45) is 11.7 Å². The van der Waals surface area contributed by atoms with Gasteiger partial charge in [-0.25, -0.2) is 0 Å². The molecule has 128 valence electrons. The molecule has 2 nitrogen and oxygen atoms in total. The Morgan fingerprint density at radius 2 is 1.32 bits per heavy atom. The molecule has 0 amide bonds. The molecule has 0 spiro atoms. The zero-order valence-electron chi connectivity index (χ0n) is 15.4. The molecule has 1 aromatic rings. The molecule has 0 aliphatic rings. The van der Waals surface area contributed by atoms with E-state index in [0.29, 0.717) is 11.7 Å². The topological polar surface area (TPSA) is 46.2 Å². The Morgan fingerprint density at radius 1 is 0.955 bits per heavy atom.